The van der Waals surface area contributed by atoms with Crippen molar-refractivity contribution in [2.75, 3.05) is 19.5 Å². The van der Waals surface area contributed by atoms with Gasteiger partial charge in [0.1, 0.15) is 6.61 Å². The minimum absolute atomic E-state index is 0.296. The van der Waals surface area contributed by atoms with Gasteiger partial charge in [0.05, 0.1) is 31.0 Å². The maximum Gasteiger partial charge on any atom is 0.337 e. The SMILES string of the molecule is COC(=O)c1cccc(C#Cc2cccc(NC(=O)c3ccc(OCc4cscn4)c(OC)c3)c2)c1. The number of carbonyl (C=O) groups excluding carboxylic acids is 2. The third-order valence-electron chi connectivity index (χ3n) is 5.04. The molecule has 0 aliphatic carbocycles. The number of hydrogen-bond donors (Lipinski definition) is 1. The quantitative estimate of drug-likeness (QED) is 0.280. The fourth-order valence-corrected chi connectivity index (χ4v) is 3.80. The van der Waals surface area contributed by atoms with Crippen molar-refractivity contribution in [2.45, 2.75) is 6.61 Å². The fourth-order valence-electron chi connectivity index (χ4n) is 3.25. The number of hydrogen-bond acceptors (Lipinski definition) is 7. The van der Waals surface area contributed by atoms with E-state index < -0.39 is 5.97 Å². The van der Waals surface area contributed by atoms with Gasteiger partial charge in [0, 0.05) is 27.8 Å². The monoisotopic (exact) mass is 498 g/mol. The number of nitrogens with zero attached hydrogens (tertiary/aromatic N) is 1. The molecule has 0 bridgehead atoms. The highest BCUT2D eigenvalue weighted by molar-refractivity contribution is 7.07. The van der Waals surface area contributed by atoms with Crippen LogP contribution in [0.5, 0.6) is 11.5 Å². The molecule has 0 saturated heterocycles. The van der Waals surface area contributed by atoms with Crippen molar-refractivity contribution < 1.29 is 23.8 Å². The first-order chi connectivity index (χ1) is 17.6. The fraction of sp³-hybridized carbons (Fsp3) is 0.107. The number of anilines is 1. The summed E-state index contributed by atoms with van der Waals surface area (Å²) in [6, 6.07) is 19.1. The molecule has 4 rings (SSSR count). The van der Waals surface area contributed by atoms with Gasteiger partial charge in [0.2, 0.25) is 0 Å². The van der Waals surface area contributed by atoms with Crippen LogP contribution < -0.4 is 14.8 Å². The number of amides is 1. The van der Waals surface area contributed by atoms with Crippen LogP contribution in [0.15, 0.2) is 77.6 Å². The first kappa shape index (κ1) is 24.5. The standard InChI is InChI=1S/C28H22N2O5S/c1-33-26-15-21(11-12-25(26)35-16-24-17-36-18-29-24)27(31)30-23-8-4-6-20(14-23)10-9-19-5-3-7-22(13-19)28(32)34-2/h3-8,11-15,17-18H,16H2,1-2H3,(H,30,31). The molecule has 0 aliphatic rings. The lowest BCUT2D eigenvalue weighted by Crippen LogP contribution is -2.12. The molecule has 1 aromatic heterocycles. The number of esters is 1. The molecule has 4 aromatic rings. The molecule has 0 atom stereocenters. The van der Waals surface area contributed by atoms with Gasteiger partial charge in [-0.25, -0.2) is 9.78 Å². The van der Waals surface area contributed by atoms with Crippen LogP contribution in [-0.4, -0.2) is 31.1 Å². The number of ether oxygens (including phenoxy) is 3. The zero-order valence-corrected chi connectivity index (χ0v) is 20.4. The molecule has 0 saturated carbocycles. The summed E-state index contributed by atoms with van der Waals surface area (Å²) >= 11 is 1.50. The van der Waals surface area contributed by atoms with E-state index in [9.17, 15) is 9.59 Å². The average molecular weight is 499 g/mol. The molecule has 8 heteroatoms. The van der Waals surface area contributed by atoms with Crippen LogP contribution in [0.3, 0.4) is 0 Å². The number of aromatic nitrogens is 1. The van der Waals surface area contributed by atoms with Gasteiger partial charge in [0.25, 0.3) is 5.91 Å². The third kappa shape index (κ3) is 6.29. The normalized spacial score (nSPS) is 10.1. The minimum Gasteiger partial charge on any atom is -0.493 e. The topological polar surface area (TPSA) is 86.8 Å². The highest BCUT2D eigenvalue weighted by atomic mass is 32.1. The highest BCUT2D eigenvalue weighted by Gasteiger charge is 2.12. The third-order valence-corrected chi connectivity index (χ3v) is 5.68. The van der Waals surface area contributed by atoms with Crippen molar-refractivity contribution in [1.29, 1.82) is 0 Å². The van der Waals surface area contributed by atoms with Crippen molar-refractivity contribution >= 4 is 28.9 Å². The molecule has 1 amide bonds. The molecule has 180 valence electrons. The Bertz CT molecular complexity index is 1440. The molecule has 7 nitrogen and oxygen atoms in total. The van der Waals surface area contributed by atoms with Crippen molar-refractivity contribution in [3.63, 3.8) is 0 Å². The zero-order chi connectivity index (χ0) is 25.3. The molecule has 1 N–H and O–H groups in total. The molecular weight excluding hydrogens is 476 g/mol. The van der Waals surface area contributed by atoms with Crippen LogP contribution in [0.4, 0.5) is 5.69 Å². The second-order valence-electron chi connectivity index (χ2n) is 7.49. The van der Waals surface area contributed by atoms with Gasteiger partial charge < -0.3 is 19.5 Å². The molecule has 1 heterocycles. The van der Waals surface area contributed by atoms with E-state index in [4.69, 9.17) is 14.2 Å². The molecule has 3 aromatic carbocycles. The Balaban J connectivity index is 1.45. The molecule has 0 fully saturated rings. The number of benzene rings is 3. The Morgan fingerprint density at radius 1 is 0.917 bits per heavy atom. The number of nitrogens with one attached hydrogen (secondary N) is 1. The van der Waals surface area contributed by atoms with E-state index in [1.54, 1.807) is 60.1 Å². The second-order valence-corrected chi connectivity index (χ2v) is 8.21. The molecule has 0 spiro atoms. The van der Waals surface area contributed by atoms with E-state index in [-0.39, 0.29) is 5.91 Å². The molecule has 36 heavy (non-hydrogen) atoms. The van der Waals surface area contributed by atoms with Gasteiger partial charge in [0.15, 0.2) is 11.5 Å². The van der Waals surface area contributed by atoms with E-state index in [0.29, 0.717) is 46.0 Å². The van der Waals surface area contributed by atoms with Crippen LogP contribution in [0.2, 0.25) is 0 Å². The van der Waals surface area contributed by atoms with Crippen LogP contribution in [-0.2, 0) is 11.3 Å². The predicted molar refractivity (Wildman–Crippen MR) is 138 cm³/mol. The van der Waals surface area contributed by atoms with E-state index >= 15 is 0 Å². The van der Waals surface area contributed by atoms with E-state index in [1.165, 1.54) is 25.6 Å². The van der Waals surface area contributed by atoms with E-state index in [1.807, 2.05) is 17.5 Å². The van der Waals surface area contributed by atoms with E-state index in [2.05, 4.69) is 22.1 Å². The maximum absolute atomic E-state index is 12.9. The number of carbonyl (C=O) groups is 2. The first-order valence-electron chi connectivity index (χ1n) is 10.9. The summed E-state index contributed by atoms with van der Waals surface area (Å²) < 4.78 is 15.9. The van der Waals surface area contributed by atoms with Crippen molar-refractivity contribution in [3.05, 3.63) is 106 Å². The molecule has 0 aliphatic heterocycles. The minimum atomic E-state index is -0.418. The molecule has 0 radical (unpaired) electrons. The summed E-state index contributed by atoms with van der Waals surface area (Å²) in [7, 11) is 2.86. The first-order valence-corrected chi connectivity index (χ1v) is 11.8. The van der Waals surface area contributed by atoms with E-state index in [0.717, 1.165) is 5.69 Å². The summed E-state index contributed by atoms with van der Waals surface area (Å²) in [5.41, 5.74) is 5.40. The van der Waals surface area contributed by atoms with Crippen molar-refractivity contribution in [1.82, 2.24) is 4.98 Å². The highest BCUT2D eigenvalue weighted by Crippen LogP contribution is 2.29. The number of rotatable bonds is 7. The summed E-state index contributed by atoms with van der Waals surface area (Å²) in [5.74, 6) is 6.35. The van der Waals surface area contributed by atoms with Gasteiger partial charge in [-0.1, -0.05) is 24.0 Å². The van der Waals surface area contributed by atoms with Crippen LogP contribution in [0.25, 0.3) is 0 Å². The lowest BCUT2D eigenvalue weighted by Gasteiger charge is -2.12. The van der Waals surface area contributed by atoms with Gasteiger partial charge in [-0.2, -0.15) is 0 Å². The Labute approximate surface area is 212 Å². The maximum atomic E-state index is 12.9. The summed E-state index contributed by atoms with van der Waals surface area (Å²) in [6.07, 6.45) is 0. The number of thiazole rings is 1. The summed E-state index contributed by atoms with van der Waals surface area (Å²) in [5, 5.41) is 4.79. The van der Waals surface area contributed by atoms with Crippen LogP contribution in [0, 0.1) is 11.8 Å². The van der Waals surface area contributed by atoms with Crippen LogP contribution in [0.1, 0.15) is 37.5 Å². The lowest BCUT2D eigenvalue weighted by atomic mass is 10.1. The van der Waals surface area contributed by atoms with Gasteiger partial charge in [-0.3, -0.25) is 4.79 Å². The number of methoxy groups -OCH3 is 2. The van der Waals surface area contributed by atoms with Crippen molar-refractivity contribution in [2.24, 2.45) is 0 Å². The lowest BCUT2D eigenvalue weighted by molar-refractivity contribution is 0.0600. The zero-order valence-electron chi connectivity index (χ0n) is 19.6. The summed E-state index contributed by atoms with van der Waals surface area (Å²) in [4.78, 5) is 28.8. The Morgan fingerprint density at radius 3 is 2.42 bits per heavy atom. The van der Waals surface area contributed by atoms with Crippen LogP contribution >= 0.6 is 11.3 Å². The largest absolute Gasteiger partial charge is 0.493 e. The van der Waals surface area contributed by atoms with Gasteiger partial charge in [-0.05, 0) is 54.6 Å². The van der Waals surface area contributed by atoms with Gasteiger partial charge >= 0.3 is 5.97 Å². The second kappa shape index (κ2) is 11.7. The molecular formula is C28H22N2O5S. The Morgan fingerprint density at radius 2 is 1.69 bits per heavy atom. The molecule has 0 unspecified atom stereocenters. The smallest absolute Gasteiger partial charge is 0.337 e. The Hall–Kier alpha value is -4.61. The predicted octanol–water partition coefficient (Wildman–Crippen LogP) is 5.17. The average Bonchev–Trinajstić information content (AvgIpc) is 3.44. The Kier molecular flexibility index (Phi) is 7.96. The van der Waals surface area contributed by atoms with Crippen molar-refractivity contribution in [3.8, 4) is 23.3 Å². The van der Waals surface area contributed by atoms with Gasteiger partial charge in [-0.15, -0.1) is 11.3 Å². The summed E-state index contributed by atoms with van der Waals surface area (Å²) in [6.45, 7) is 0.312.